The fourth-order valence-corrected chi connectivity index (χ4v) is 9.33. The smallest absolute Gasteiger partial charge is 0.313 e. The van der Waals surface area contributed by atoms with E-state index in [0.29, 0.717) is 29.3 Å². The molecule has 11 heteroatoms. The maximum atomic E-state index is 15.2. The van der Waals surface area contributed by atoms with Gasteiger partial charge in [0, 0.05) is 30.0 Å². The van der Waals surface area contributed by atoms with Gasteiger partial charge in [-0.3, -0.25) is 19.2 Å². The second kappa shape index (κ2) is 13.9. The fraction of sp³-hybridized carbons (Fsp3) is 0.632. The summed E-state index contributed by atoms with van der Waals surface area (Å²) in [6, 6.07) is 6.95. The van der Waals surface area contributed by atoms with Crippen LogP contribution in [0, 0.1) is 17.3 Å². The third kappa shape index (κ3) is 6.75. The van der Waals surface area contributed by atoms with Crippen LogP contribution in [0.3, 0.4) is 0 Å². The summed E-state index contributed by atoms with van der Waals surface area (Å²) in [5.74, 6) is -3.59. The molecule has 3 amide bonds. The lowest BCUT2D eigenvalue weighted by Crippen LogP contribution is -2.62. The molecular weight excluding hydrogens is 690 g/mol. The summed E-state index contributed by atoms with van der Waals surface area (Å²) in [7, 11) is 1.71. The number of fused-ring (bicyclic) bond motifs is 2. The number of halogens is 1. The van der Waals surface area contributed by atoms with Crippen LogP contribution in [0.4, 0.5) is 0 Å². The summed E-state index contributed by atoms with van der Waals surface area (Å²) in [6.45, 7) is 14.0. The highest BCUT2D eigenvalue weighted by atomic mass is 79.9. The number of aliphatic hydroxyl groups is 1. The number of likely N-dealkylation sites (tertiary alicyclic amines) is 1. The van der Waals surface area contributed by atoms with Crippen LogP contribution in [-0.4, -0.2) is 99.1 Å². The predicted octanol–water partition coefficient (Wildman–Crippen LogP) is 5.16. The van der Waals surface area contributed by atoms with Gasteiger partial charge < -0.3 is 29.3 Å². The van der Waals surface area contributed by atoms with Crippen molar-refractivity contribution in [2.45, 2.75) is 116 Å². The van der Waals surface area contributed by atoms with Crippen molar-refractivity contribution < 1.29 is 33.8 Å². The van der Waals surface area contributed by atoms with Gasteiger partial charge in [-0.25, -0.2) is 0 Å². The third-order valence-corrected chi connectivity index (χ3v) is 11.4. The molecule has 49 heavy (non-hydrogen) atoms. The maximum Gasteiger partial charge on any atom is 0.313 e. The number of hydrogen-bond acceptors (Lipinski definition) is 7. The van der Waals surface area contributed by atoms with E-state index in [4.69, 9.17) is 9.47 Å². The summed E-state index contributed by atoms with van der Waals surface area (Å²) in [4.78, 5) is 62.8. The topological polar surface area (TPSA) is 117 Å². The Hall–Kier alpha value is -3.02. The van der Waals surface area contributed by atoms with Crippen LogP contribution in [0.2, 0.25) is 0 Å². The van der Waals surface area contributed by atoms with Crippen LogP contribution in [0.1, 0.15) is 85.8 Å². The quantitative estimate of drug-likeness (QED) is 0.317. The van der Waals surface area contributed by atoms with Crippen LogP contribution in [0.15, 0.2) is 53.0 Å². The predicted molar refractivity (Wildman–Crippen MR) is 189 cm³/mol. The van der Waals surface area contributed by atoms with Gasteiger partial charge in [-0.15, -0.1) is 0 Å². The first-order chi connectivity index (χ1) is 23.0. The molecule has 1 aromatic rings. The summed E-state index contributed by atoms with van der Waals surface area (Å²) in [6.07, 6.45) is 5.72. The second-order valence-corrected chi connectivity index (χ2v) is 16.8. The Kier molecular flexibility index (Phi) is 10.6. The molecular formula is C38H52BrN3O7. The molecule has 2 fully saturated rings. The average Bonchev–Trinajstić information content (AvgIpc) is 3.63. The lowest BCUT2D eigenvalue weighted by Gasteiger charge is -2.46. The van der Waals surface area contributed by atoms with Crippen LogP contribution < -0.4 is 0 Å². The number of allylic oxidation sites excluding steroid dienone is 1. The molecule has 268 valence electrons. The lowest BCUT2D eigenvalue weighted by molar-refractivity contribution is -0.164. The Morgan fingerprint density at radius 2 is 1.69 bits per heavy atom. The third-order valence-electron chi connectivity index (χ3n) is 10.7. The Morgan fingerprint density at radius 1 is 1.02 bits per heavy atom. The Balaban J connectivity index is 1.68. The van der Waals surface area contributed by atoms with Crippen molar-refractivity contribution in [1.29, 1.82) is 0 Å². The van der Waals surface area contributed by atoms with Crippen LogP contribution in [-0.2, 0) is 28.7 Å². The van der Waals surface area contributed by atoms with Crippen molar-refractivity contribution in [3.63, 3.8) is 0 Å². The van der Waals surface area contributed by atoms with Gasteiger partial charge in [-0.1, -0.05) is 86.1 Å². The van der Waals surface area contributed by atoms with Gasteiger partial charge in [0.1, 0.15) is 29.8 Å². The molecule has 0 saturated carbocycles. The molecule has 1 spiro atoms. The molecule has 10 nitrogen and oxygen atoms in total. The molecule has 4 heterocycles. The second-order valence-electron chi connectivity index (χ2n) is 15.8. The summed E-state index contributed by atoms with van der Waals surface area (Å²) in [5.41, 5.74) is -1.53. The summed E-state index contributed by atoms with van der Waals surface area (Å²) >= 11 is 3.63. The van der Waals surface area contributed by atoms with E-state index in [1.807, 2.05) is 70.2 Å². The highest BCUT2D eigenvalue weighted by molar-refractivity contribution is 9.11. The fourth-order valence-electron chi connectivity index (χ4n) is 8.59. The molecule has 0 radical (unpaired) electrons. The van der Waals surface area contributed by atoms with E-state index >= 15 is 4.79 Å². The Morgan fingerprint density at radius 3 is 2.31 bits per heavy atom. The van der Waals surface area contributed by atoms with Crippen molar-refractivity contribution in [1.82, 2.24) is 14.7 Å². The van der Waals surface area contributed by atoms with E-state index < -0.39 is 65.2 Å². The number of esters is 1. The van der Waals surface area contributed by atoms with Gasteiger partial charge in [-0.2, -0.15) is 0 Å². The Bertz CT molecular complexity index is 1500. The Labute approximate surface area is 299 Å². The van der Waals surface area contributed by atoms with Gasteiger partial charge in [0.2, 0.25) is 17.7 Å². The van der Waals surface area contributed by atoms with Crippen molar-refractivity contribution in [3.05, 3.63) is 58.6 Å². The molecule has 1 aromatic carbocycles. The number of carbonyl (C=O) groups is 4. The zero-order valence-electron chi connectivity index (χ0n) is 30.0. The van der Waals surface area contributed by atoms with Crippen LogP contribution in [0.25, 0.3) is 0 Å². The standard InChI is InChI=1S/C38H52BrN3O7/c1-9-25(21-43)42-32-34(46)41(37(6,7)22-36(3,4)5)19-15-11-14-18-27(44)40(8)23(2)30(24-16-12-10-13-17-24)48-35(47)28-29(33(42)45)38(32)20-26(39)31(28)49-38/h10-13,15-17,20,23,25,28-32,43H,9,14,18-19,21-22H2,1-8H3/b15-11-/t23-,25-,28+,29-,30+,31+,32+,38-/m0/s1. The van der Waals surface area contributed by atoms with E-state index in [9.17, 15) is 19.5 Å². The number of likely N-dealkylation sites (N-methyl/N-ethyl adjacent to an activating group) is 1. The summed E-state index contributed by atoms with van der Waals surface area (Å²) in [5, 5.41) is 10.6. The molecule has 5 bridgehead atoms. The first-order valence-electron chi connectivity index (χ1n) is 17.5. The lowest BCUT2D eigenvalue weighted by atomic mass is 9.74. The van der Waals surface area contributed by atoms with Gasteiger partial charge in [0.15, 0.2) is 0 Å². The number of cyclic esters (lactones) is 1. The number of amides is 3. The van der Waals surface area contributed by atoms with Gasteiger partial charge in [0.25, 0.3) is 0 Å². The minimum atomic E-state index is -1.46. The number of aliphatic hydroxyl groups excluding tert-OH is 1. The van der Waals surface area contributed by atoms with Crippen molar-refractivity contribution >= 4 is 39.6 Å². The maximum absolute atomic E-state index is 15.2. The van der Waals surface area contributed by atoms with Gasteiger partial charge in [-0.05, 0) is 57.1 Å². The van der Waals surface area contributed by atoms with Gasteiger partial charge in [0.05, 0.1) is 24.6 Å². The van der Waals surface area contributed by atoms with E-state index in [0.717, 1.165) is 0 Å². The number of nitrogens with zero attached hydrogens (tertiary/aromatic N) is 3. The zero-order chi connectivity index (χ0) is 36.1. The number of rotatable bonds is 6. The van der Waals surface area contributed by atoms with E-state index in [-0.39, 0.29) is 36.8 Å². The van der Waals surface area contributed by atoms with Gasteiger partial charge >= 0.3 is 5.97 Å². The normalized spacial score (nSPS) is 32.7. The molecule has 4 aliphatic heterocycles. The number of ether oxygens (including phenoxy) is 2. The number of hydrogen-bond donors (Lipinski definition) is 1. The van der Waals surface area contributed by atoms with E-state index in [1.165, 1.54) is 4.90 Å². The monoisotopic (exact) mass is 741 g/mol. The molecule has 0 unspecified atom stereocenters. The zero-order valence-corrected chi connectivity index (χ0v) is 31.6. The van der Waals surface area contributed by atoms with Crippen molar-refractivity contribution in [2.75, 3.05) is 20.2 Å². The minimum Gasteiger partial charge on any atom is -0.455 e. The minimum absolute atomic E-state index is 0.105. The molecule has 5 rings (SSSR count). The molecule has 0 aliphatic carbocycles. The van der Waals surface area contributed by atoms with Crippen LogP contribution >= 0.6 is 15.9 Å². The average molecular weight is 743 g/mol. The number of benzene rings is 1. The molecule has 2 saturated heterocycles. The van der Waals surface area contributed by atoms with Crippen molar-refractivity contribution in [2.24, 2.45) is 17.3 Å². The van der Waals surface area contributed by atoms with E-state index in [1.54, 1.807) is 22.9 Å². The van der Waals surface area contributed by atoms with Crippen LogP contribution in [0.5, 0.6) is 0 Å². The SMILES string of the molecule is CC[C@@H](CO)N1C(=O)[C@@H]2[C@H]3C(=O)O[C@@H](c4ccccc4)[C@H](C)N(C)C(=O)CC/C=C\CN(C(C)(C)CC(C)(C)C)C(=O)[C@@H]1[C@]21C=C(Br)[C@H]3O1. The molecule has 0 aromatic heterocycles. The van der Waals surface area contributed by atoms with E-state index in [2.05, 4.69) is 36.7 Å². The highest BCUT2D eigenvalue weighted by Gasteiger charge is 2.75. The first-order valence-corrected chi connectivity index (χ1v) is 18.2. The first kappa shape index (κ1) is 37.2. The summed E-state index contributed by atoms with van der Waals surface area (Å²) < 4.78 is 13.6. The largest absolute Gasteiger partial charge is 0.455 e. The molecule has 4 aliphatic rings. The molecule has 8 atom stereocenters. The number of carbonyl (C=O) groups excluding carboxylic acids is 4. The highest BCUT2D eigenvalue weighted by Crippen LogP contribution is 2.59. The molecule has 1 N–H and O–H groups in total. The van der Waals surface area contributed by atoms with Crippen molar-refractivity contribution in [3.8, 4) is 0 Å².